The summed E-state index contributed by atoms with van der Waals surface area (Å²) in [5.74, 6) is 0.756. The van der Waals surface area contributed by atoms with Crippen LogP contribution in [0.4, 0.5) is 0 Å². The van der Waals surface area contributed by atoms with Gasteiger partial charge in [-0.25, -0.2) is 8.42 Å². The van der Waals surface area contributed by atoms with Gasteiger partial charge in [-0.15, -0.1) is 0 Å². The summed E-state index contributed by atoms with van der Waals surface area (Å²) >= 11 is 0. The molecule has 6 heteroatoms. The smallest absolute Gasteiger partial charge is 0.198 e. The van der Waals surface area contributed by atoms with Crippen LogP contribution in [0.25, 0.3) is 0 Å². The highest BCUT2D eigenvalue weighted by Crippen LogP contribution is 2.20. The fraction of sp³-hybridized carbons (Fsp3) is 1.00. The number of halogens is 1. The lowest BCUT2D eigenvalue weighted by molar-refractivity contribution is -0.929. The molecule has 0 radical (unpaired) electrons. The molecule has 0 rings (SSSR count). The van der Waals surface area contributed by atoms with Crippen molar-refractivity contribution >= 4 is 19.7 Å². The van der Waals surface area contributed by atoms with Gasteiger partial charge >= 0.3 is 0 Å². The first-order valence-corrected chi connectivity index (χ1v) is 17.5. The summed E-state index contributed by atoms with van der Waals surface area (Å²) in [6.07, 6.45) is 25.4. The SMILES string of the molecule is CCCCCC[N+](CCCCCC)(CCCCCC)CCCCCCCCSS(C)(=O)=O.[Br-]. The maximum absolute atomic E-state index is 11.2. The van der Waals surface area contributed by atoms with Gasteiger partial charge in [0.25, 0.3) is 0 Å². The van der Waals surface area contributed by atoms with E-state index in [4.69, 9.17) is 0 Å². The van der Waals surface area contributed by atoms with E-state index in [0.717, 1.165) is 23.0 Å². The number of quaternary nitrogens is 1. The maximum atomic E-state index is 11.2. The van der Waals surface area contributed by atoms with Crippen LogP contribution in [0.3, 0.4) is 0 Å². The molecule has 0 unspecified atom stereocenters. The Morgan fingerprint density at radius 1 is 0.515 bits per heavy atom. The molecule has 0 saturated carbocycles. The first kappa shape index (κ1) is 35.9. The Bertz CT molecular complexity index is 469. The third-order valence-electron chi connectivity index (χ3n) is 6.78. The number of rotatable bonds is 25. The predicted octanol–water partition coefficient (Wildman–Crippen LogP) is 5.58. The Morgan fingerprint density at radius 2 is 0.818 bits per heavy atom. The van der Waals surface area contributed by atoms with Crippen molar-refractivity contribution in [1.82, 2.24) is 0 Å². The lowest BCUT2D eigenvalue weighted by atomic mass is 10.1. The van der Waals surface area contributed by atoms with E-state index in [0.29, 0.717) is 0 Å². The van der Waals surface area contributed by atoms with Crippen molar-refractivity contribution in [2.24, 2.45) is 0 Å². The van der Waals surface area contributed by atoms with Crippen LogP contribution < -0.4 is 17.0 Å². The quantitative estimate of drug-likeness (QED) is 0.0814. The summed E-state index contributed by atoms with van der Waals surface area (Å²) in [6, 6.07) is 0. The summed E-state index contributed by atoms with van der Waals surface area (Å²) in [5.41, 5.74) is 0. The molecule has 0 aliphatic heterocycles. The molecule has 0 fully saturated rings. The highest BCUT2D eigenvalue weighted by atomic mass is 79.9. The third-order valence-corrected chi connectivity index (χ3v) is 9.45. The van der Waals surface area contributed by atoms with Gasteiger partial charge in [-0.3, -0.25) is 0 Å². The molecular weight excluding hydrogens is 514 g/mol. The minimum Gasteiger partial charge on any atom is -1.00 e. The largest absolute Gasteiger partial charge is 1.00 e. The zero-order valence-corrected chi connectivity index (χ0v) is 25.9. The van der Waals surface area contributed by atoms with Crippen molar-refractivity contribution in [1.29, 1.82) is 0 Å². The van der Waals surface area contributed by atoms with E-state index in [9.17, 15) is 8.42 Å². The van der Waals surface area contributed by atoms with Crippen LogP contribution in [-0.2, 0) is 8.87 Å². The van der Waals surface area contributed by atoms with Gasteiger partial charge in [-0.2, -0.15) is 0 Å². The molecule has 0 aromatic rings. The monoisotopic (exact) mass is 571 g/mol. The van der Waals surface area contributed by atoms with E-state index in [1.807, 2.05) is 0 Å². The molecule has 0 aliphatic rings. The third kappa shape index (κ3) is 24.2. The molecule has 0 aliphatic carbocycles. The molecule has 0 bridgehead atoms. The normalized spacial score (nSPS) is 12.1. The van der Waals surface area contributed by atoms with Crippen molar-refractivity contribution in [2.75, 3.05) is 38.2 Å². The molecule has 0 N–H and O–H groups in total. The standard InChI is InChI=1S/C27H58NO2S2.BrH/c1-5-8-11-18-23-28(24-19-12-9-6-2,25-20-13-10-7-3)26-21-16-14-15-17-22-27-31-32(4,29)30;/h5-27H2,1-4H3;1H/q+1;/p-1. The second-order valence-corrected chi connectivity index (χ2v) is 14.6. The maximum Gasteiger partial charge on any atom is 0.198 e. The highest BCUT2D eigenvalue weighted by Gasteiger charge is 2.25. The average Bonchev–Trinajstić information content (AvgIpc) is 2.75. The lowest BCUT2D eigenvalue weighted by Crippen LogP contribution is -3.00. The summed E-state index contributed by atoms with van der Waals surface area (Å²) in [5, 5.41) is 0. The van der Waals surface area contributed by atoms with Crippen molar-refractivity contribution in [2.45, 2.75) is 136 Å². The average molecular weight is 573 g/mol. The van der Waals surface area contributed by atoms with Gasteiger partial charge < -0.3 is 21.5 Å². The first-order valence-electron chi connectivity index (χ1n) is 14.1. The Hall–Kier alpha value is 0.740. The van der Waals surface area contributed by atoms with Crippen LogP contribution in [0.5, 0.6) is 0 Å². The van der Waals surface area contributed by atoms with E-state index in [2.05, 4.69) is 20.8 Å². The Morgan fingerprint density at radius 3 is 1.15 bits per heavy atom. The Balaban J connectivity index is 0. The second kappa shape index (κ2) is 24.4. The molecule has 0 heterocycles. The zero-order valence-electron chi connectivity index (χ0n) is 22.7. The Kier molecular flexibility index (Phi) is 26.6. The molecule has 0 atom stereocenters. The van der Waals surface area contributed by atoms with E-state index in [-0.39, 0.29) is 17.0 Å². The lowest BCUT2D eigenvalue weighted by Gasteiger charge is -2.39. The van der Waals surface area contributed by atoms with Gasteiger partial charge in [-0.1, -0.05) is 78.6 Å². The van der Waals surface area contributed by atoms with E-state index in [1.165, 1.54) is 146 Å². The Labute approximate surface area is 223 Å². The van der Waals surface area contributed by atoms with Crippen LogP contribution in [0, 0.1) is 0 Å². The molecule has 33 heavy (non-hydrogen) atoms. The van der Waals surface area contributed by atoms with Crippen LogP contribution >= 0.6 is 10.8 Å². The minimum absolute atomic E-state index is 0. The molecule has 0 aromatic carbocycles. The van der Waals surface area contributed by atoms with Gasteiger partial charge in [-0.05, 0) is 68.6 Å². The molecule has 0 aromatic heterocycles. The van der Waals surface area contributed by atoms with Crippen molar-refractivity contribution in [3.8, 4) is 0 Å². The number of hydrogen-bond acceptors (Lipinski definition) is 3. The van der Waals surface area contributed by atoms with Gasteiger partial charge in [0.15, 0.2) is 8.87 Å². The zero-order chi connectivity index (χ0) is 24.0. The minimum atomic E-state index is -2.86. The van der Waals surface area contributed by atoms with Crippen molar-refractivity contribution in [3.63, 3.8) is 0 Å². The van der Waals surface area contributed by atoms with Crippen LogP contribution in [0.2, 0.25) is 0 Å². The summed E-state index contributed by atoms with van der Waals surface area (Å²) in [6.45, 7) is 12.5. The molecule has 202 valence electrons. The molecule has 0 spiro atoms. The number of nitrogens with zero attached hydrogens (tertiary/aromatic N) is 1. The fourth-order valence-corrected chi connectivity index (χ4v) is 6.65. The van der Waals surface area contributed by atoms with Crippen LogP contribution in [0.1, 0.15) is 136 Å². The second-order valence-electron chi connectivity index (χ2n) is 10.1. The predicted molar refractivity (Wildman–Crippen MR) is 147 cm³/mol. The van der Waals surface area contributed by atoms with Crippen LogP contribution in [-0.4, -0.2) is 51.1 Å². The van der Waals surface area contributed by atoms with Gasteiger partial charge in [0.05, 0.1) is 26.2 Å². The number of unbranched alkanes of at least 4 members (excludes halogenated alkanes) is 14. The summed E-state index contributed by atoms with van der Waals surface area (Å²) in [4.78, 5) is 0. The molecular formula is C27H58BrNO2S2. The summed E-state index contributed by atoms with van der Waals surface area (Å²) in [7, 11) is -1.75. The topological polar surface area (TPSA) is 34.1 Å². The molecule has 0 saturated heterocycles. The summed E-state index contributed by atoms with van der Waals surface area (Å²) < 4.78 is 23.8. The molecule has 3 nitrogen and oxygen atoms in total. The van der Waals surface area contributed by atoms with E-state index >= 15 is 0 Å². The molecule has 0 amide bonds. The van der Waals surface area contributed by atoms with Crippen molar-refractivity contribution in [3.05, 3.63) is 0 Å². The van der Waals surface area contributed by atoms with Gasteiger partial charge in [0.1, 0.15) is 0 Å². The fourth-order valence-electron chi connectivity index (χ4n) is 4.76. The van der Waals surface area contributed by atoms with Gasteiger partial charge in [0.2, 0.25) is 0 Å². The number of hydrogen-bond donors (Lipinski definition) is 0. The first-order chi connectivity index (χ1) is 15.4. The van der Waals surface area contributed by atoms with E-state index in [1.54, 1.807) is 0 Å². The van der Waals surface area contributed by atoms with Crippen molar-refractivity contribution < 1.29 is 29.9 Å². The van der Waals surface area contributed by atoms with Gasteiger partial charge in [0, 0.05) is 12.0 Å². The van der Waals surface area contributed by atoms with Crippen LogP contribution in [0.15, 0.2) is 0 Å². The van der Waals surface area contributed by atoms with E-state index < -0.39 is 8.87 Å². The highest BCUT2D eigenvalue weighted by molar-refractivity contribution is 8.71.